The lowest BCUT2D eigenvalue weighted by atomic mass is 10.4. The maximum absolute atomic E-state index is 8.65. The van der Waals surface area contributed by atoms with Gasteiger partial charge in [0.2, 0.25) is 0 Å². The molecule has 2 N–H and O–H groups in total. The number of nitrogens with zero attached hydrogens (tertiary/aromatic N) is 1. The zero-order valence-electron chi connectivity index (χ0n) is 5.20. The third-order valence-electron chi connectivity index (χ3n) is 0.699. The van der Waals surface area contributed by atoms with Crippen molar-refractivity contribution < 1.29 is 10.2 Å². The Kier molecular flexibility index (Phi) is 5.06. The Bertz CT molecular complexity index is 101. The van der Waals surface area contributed by atoms with Crippen molar-refractivity contribution in [1.29, 1.82) is 0 Å². The van der Waals surface area contributed by atoms with Crippen LogP contribution in [0.2, 0.25) is 0 Å². The minimum Gasteiger partial charge on any atom is -0.393 e. The predicted molar refractivity (Wildman–Crippen MR) is 36.6 cm³/mol. The molecule has 1 unspecified atom stereocenters. The van der Waals surface area contributed by atoms with Crippen LogP contribution >= 0.6 is 0 Å². The van der Waals surface area contributed by atoms with Crippen LogP contribution in [0.1, 0.15) is 0 Å². The molecule has 0 aliphatic carbocycles. The Hall–Kier alpha value is -0.670. The summed E-state index contributed by atoms with van der Waals surface area (Å²) in [5.74, 6) is 0. The molecule has 52 valence electrons. The highest BCUT2D eigenvalue weighted by Crippen LogP contribution is 1.75. The molecule has 0 aromatic carbocycles. The van der Waals surface area contributed by atoms with E-state index in [2.05, 4.69) is 11.6 Å². The van der Waals surface area contributed by atoms with Gasteiger partial charge in [-0.2, -0.15) is 0 Å². The van der Waals surface area contributed by atoms with E-state index in [9.17, 15) is 0 Å². The molecule has 0 saturated heterocycles. The van der Waals surface area contributed by atoms with E-state index < -0.39 is 6.10 Å². The van der Waals surface area contributed by atoms with Crippen molar-refractivity contribution in [1.82, 2.24) is 0 Å². The van der Waals surface area contributed by atoms with E-state index >= 15 is 0 Å². The van der Waals surface area contributed by atoms with Crippen molar-refractivity contribution in [3.8, 4) is 0 Å². The van der Waals surface area contributed by atoms with Gasteiger partial charge in [0.15, 0.2) is 0 Å². The van der Waals surface area contributed by atoms with E-state index in [1.54, 1.807) is 6.08 Å². The number of aliphatic imine (C=N–C) groups is 1. The van der Waals surface area contributed by atoms with Crippen molar-refractivity contribution >= 4 is 6.21 Å². The van der Waals surface area contributed by atoms with Gasteiger partial charge in [0.25, 0.3) is 0 Å². The van der Waals surface area contributed by atoms with Gasteiger partial charge in [-0.25, -0.2) is 0 Å². The summed E-state index contributed by atoms with van der Waals surface area (Å²) in [5.41, 5.74) is 0. The summed E-state index contributed by atoms with van der Waals surface area (Å²) in [6, 6.07) is 0. The molecule has 0 aromatic heterocycles. The first-order valence-electron chi connectivity index (χ1n) is 2.71. The quantitative estimate of drug-likeness (QED) is 0.400. The Morgan fingerprint density at radius 1 is 1.67 bits per heavy atom. The Morgan fingerprint density at radius 3 is 2.78 bits per heavy atom. The van der Waals surface area contributed by atoms with Gasteiger partial charge in [-0.3, -0.25) is 4.99 Å². The van der Waals surface area contributed by atoms with Crippen molar-refractivity contribution in [3.05, 3.63) is 12.7 Å². The van der Waals surface area contributed by atoms with Crippen LogP contribution in [0.3, 0.4) is 0 Å². The highest BCUT2D eigenvalue weighted by Gasteiger charge is 1.92. The Labute approximate surface area is 54.4 Å². The third kappa shape index (κ3) is 5.20. The molecular weight excluding hydrogens is 118 g/mol. The monoisotopic (exact) mass is 129 g/mol. The van der Waals surface area contributed by atoms with E-state index in [4.69, 9.17) is 10.2 Å². The Balaban J connectivity index is 3.31. The van der Waals surface area contributed by atoms with Gasteiger partial charge in [0.05, 0.1) is 13.2 Å². The molecule has 3 heteroatoms. The van der Waals surface area contributed by atoms with Crippen LogP contribution in [0, 0.1) is 0 Å². The average Bonchev–Trinajstić information content (AvgIpc) is 1.89. The normalized spacial score (nSPS) is 14.0. The van der Waals surface area contributed by atoms with Gasteiger partial charge in [0.1, 0.15) is 6.10 Å². The second-order valence-electron chi connectivity index (χ2n) is 1.55. The molecule has 0 amide bonds. The lowest BCUT2D eigenvalue weighted by Crippen LogP contribution is -2.12. The molecule has 0 bridgehead atoms. The fourth-order valence-electron chi connectivity index (χ4n) is 0.304. The van der Waals surface area contributed by atoms with Crippen molar-refractivity contribution in [3.63, 3.8) is 0 Å². The maximum atomic E-state index is 8.65. The molecule has 1 atom stereocenters. The van der Waals surface area contributed by atoms with Crippen LogP contribution in [0.5, 0.6) is 0 Å². The highest BCUT2D eigenvalue weighted by molar-refractivity contribution is 5.62. The molecule has 0 saturated carbocycles. The summed E-state index contributed by atoms with van der Waals surface area (Å²) in [6.45, 7) is 3.63. The van der Waals surface area contributed by atoms with Crippen LogP contribution in [-0.2, 0) is 0 Å². The van der Waals surface area contributed by atoms with Gasteiger partial charge < -0.3 is 10.2 Å². The molecule has 9 heavy (non-hydrogen) atoms. The minimum atomic E-state index is -0.829. The van der Waals surface area contributed by atoms with E-state index in [1.807, 2.05) is 0 Å². The van der Waals surface area contributed by atoms with Crippen LogP contribution in [-0.4, -0.2) is 35.7 Å². The number of hydrogen-bond acceptors (Lipinski definition) is 3. The third-order valence-corrected chi connectivity index (χ3v) is 0.699. The molecule has 0 radical (unpaired) electrons. The lowest BCUT2D eigenvalue weighted by molar-refractivity contribution is 0.148. The van der Waals surface area contributed by atoms with Crippen LogP contribution in [0.15, 0.2) is 17.6 Å². The van der Waals surface area contributed by atoms with Crippen LogP contribution < -0.4 is 0 Å². The second-order valence-corrected chi connectivity index (χ2v) is 1.55. The predicted octanol–water partition coefficient (Wildman–Crippen LogP) is -0.404. The summed E-state index contributed by atoms with van der Waals surface area (Å²) < 4.78 is 0. The fourth-order valence-corrected chi connectivity index (χ4v) is 0.304. The summed E-state index contributed by atoms with van der Waals surface area (Å²) in [5, 5.41) is 16.9. The first-order chi connectivity index (χ1) is 4.31. The smallest absolute Gasteiger partial charge is 0.112 e. The summed E-state index contributed by atoms with van der Waals surface area (Å²) in [7, 11) is 0. The van der Waals surface area contributed by atoms with E-state index in [0.29, 0.717) is 6.54 Å². The molecule has 0 heterocycles. The zero-order valence-corrected chi connectivity index (χ0v) is 5.20. The standard InChI is InChI=1S/C6H11NO2/c1-2-3-7-4-6(9)5-8/h2,4,6,8-9H,1,3,5H2. The first kappa shape index (κ1) is 8.33. The molecule has 0 rings (SSSR count). The number of aliphatic hydroxyl groups excluding tert-OH is 2. The maximum Gasteiger partial charge on any atom is 0.112 e. The summed E-state index contributed by atoms with van der Waals surface area (Å²) in [4.78, 5) is 3.71. The van der Waals surface area contributed by atoms with Gasteiger partial charge in [0, 0.05) is 6.21 Å². The van der Waals surface area contributed by atoms with Gasteiger partial charge in [-0.1, -0.05) is 6.08 Å². The molecule has 0 aliphatic rings. The van der Waals surface area contributed by atoms with Gasteiger partial charge in [-0.15, -0.1) is 6.58 Å². The molecule has 0 aliphatic heterocycles. The number of rotatable bonds is 4. The largest absolute Gasteiger partial charge is 0.393 e. The topological polar surface area (TPSA) is 52.8 Å². The molecule has 0 spiro atoms. The van der Waals surface area contributed by atoms with Crippen molar-refractivity contribution in [2.45, 2.75) is 6.10 Å². The molecule has 3 nitrogen and oxygen atoms in total. The molecule has 0 fully saturated rings. The minimum absolute atomic E-state index is 0.277. The second kappa shape index (κ2) is 5.47. The van der Waals surface area contributed by atoms with Crippen molar-refractivity contribution in [2.75, 3.05) is 13.2 Å². The highest BCUT2D eigenvalue weighted by atomic mass is 16.3. The van der Waals surface area contributed by atoms with Crippen molar-refractivity contribution in [2.24, 2.45) is 4.99 Å². The van der Waals surface area contributed by atoms with E-state index in [0.717, 1.165) is 0 Å². The average molecular weight is 129 g/mol. The molecule has 0 aromatic rings. The lowest BCUT2D eigenvalue weighted by Gasteiger charge is -1.95. The summed E-state index contributed by atoms with van der Waals surface area (Å²) in [6.07, 6.45) is 2.08. The fraction of sp³-hybridized carbons (Fsp3) is 0.500. The molecular formula is C6H11NO2. The Morgan fingerprint density at radius 2 is 2.33 bits per heavy atom. The van der Waals surface area contributed by atoms with Gasteiger partial charge in [-0.05, 0) is 0 Å². The number of hydrogen-bond donors (Lipinski definition) is 2. The van der Waals surface area contributed by atoms with Crippen LogP contribution in [0.4, 0.5) is 0 Å². The first-order valence-corrected chi connectivity index (χ1v) is 2.71. The van der Waals surface area contributed by atoms with E-state index in [1.165, 1.54) is 6.21 Å². The van der Waals surface area contributed by atoms with Gasteiger partial charge >= 0.3 is 0 Å². The SMILES string of the molecule is C=CCN=CC(O)CO. The van der Waals surface area contributed by atoms with E-state index in [-0.39, 0.29) is 6.61 Å². The zero-order chi connectivity index (χ0) is 7.11. The van der Waals surface area contributed by atoms with Crippen LogP contribution in [0.25, 0.3) is 0 Å². The summed E-state index contributed by atoms with van der Waals surface area (Å²) >= 11 is 0. The number of aliphatic hydroxyl groups is 2.